The molecule has 1 aromatic carbocycles. The molecule has 5 heteroatoms. The maximum atomic E-state index is 12.3. The predicted octanol–water partition coefficient (Wildman–Crippen LogP) is 4.28. The van der Waals surface area contributed by atoms with E-state index in [0.717, 1.165) is 47.1 Å². The van der Waals surface area contributed by atoms with Gasteiger partial charge in [0.2, 0.25) is 0 Å². The van der Waals surface area contributed by atoms with Crippen LogP contribution in [0.15, 0.2) is 48.2 Å². The highest BCUT2D eigenvalue weighted by Crippen LogP contribution is 2.51. The third-order valence-electron chi connectivity index (χ3n) is 6.06. The van der Waals surface area contributed by atoms with E-state index in [4.69, 9.17) is 11.6 Å². The lowest BCUT2D eigenvalue weighted by Crippen LogP contribution is -2.49. The number of halogens is 2. The lowest BCUT2D eigenvalue weighted by Gasteiger charge is -2.46. The molecular formula is C21H24BrClN2O. The first kappa shape index (κ1) is 18.3. The maximum Gasteiger partial charge on any atom is 0.102 e. The molecule has 2 N–H and O–H groups in total. The van der Waals surface area contributed by atoms with E-state index in [1.165, 1.54) is 0 Å². The van der Waals surface area contributed by atoms with E-state index in [-0.39, 0.29) is 11.8 Å². The molecule has 0 aromatic heterocycles. The molecule has 2 aliphatic heterocycles. The highest BCUT2D eigenvalue weighted by Gasteiger charge is 2.49. The minimum Gasteiger partial charge on any atom is -0.390 e. The second-order valence-corrected chi connectivity index (χ2v) is 8.86. The van der Waals surface area contributed by atoms with E-state index >= 15 is 0 Å². The third-order valence-corrected chi connectivity index (χ3v) is 6.95. The van der Waals surface area contributed by atoms with Crippen molar-refractivity contribution in [3.63, 3.8) is 0 Å². The van der Waals surface area contributed by atoms with Crippen molar-refractivity contribution in [2.75, 3.05) is 26.7 Å². The van der Waals surface area contributed by atoms with Crippen LogP contribution in [0.2, 0.25) is 5.02 Å². The van der Waals surface area contributed by atoms with E-state index in [1.807, 2.05) is 30.5 Å². The van der Waals surface area contributed by atoms with Crippen LogP contribution in [0.1, 0.15) is 24.0 Å². The number of fused-ring (bicyclic) bond motifs is 2. The van der Waals surface area contributed by atoms with Crippen molar-refractivity contribution in [3.05, 3.63) is 64.3 Å². The summed E-state index contributed by atoms with van der Waals surface area (Å²) in [5.74, 6) is 0.194. The Labute approximate surface area is 168 Å². The van der Waals surface area contributed by atoms with Gasteiger partial charge in [0.1, 0.15) is 5.60 Å². The van der Waals surface area contributed by atoms with Gasteiger partial charge < -0.3 is 15.3 Å². The smallest absolute Gasteiger partial charge is 0.102 e. The summed E-state index contributed by atoms with van der Waals surface area (Å²) in [5.41, 5.74) is 2.19. The van der Waals surface area contributed by atoms with Gasteiger partial charge in [-0.3, -0.25) is 0 Å². The number of nitrogens with zero attached hydrogens (tertiary/aromatic N) is 1. The molecule has 2 atom stereocenters. The fraction of sp³-hybridized carbons (Fsp3) is 0.429. The van der Waals surface area contributed by atoms with Crippen LogP contribution in [-0.2, 0) is 5.60 Å². The molecule has 0 saturated carbocycles. The molecule has 3 aliphatic rings. The summed E-state index contributed by atoms with van der Waals surface area (Å²) >= 11 is 10.0. The molecule has 3 nitrogen and oxygen atoms in total. The Balaban J connectivity index is 1.90. The minimum absolute atomic E-state index is 0.0131. The van der Waals surface area contributed by atoms with Crippen LogP contribution in [-0.4, -0.2) is 36.7 Å². The molecule has 2 unspecified atom stereocenters. The molecule has 1 saturated heterocycles. The Morgan fingerprint density at radius 2 is 2.08 bits per heavy atom. The van der Waals surface area contributed by atoms with Crippen molar-refractivity contribution >= 4 is 32.0 Å². The Morgan fingerprint density at radius 1 is 1.31 bits per heavy atom. The van der Waals surface area contributed by atoms with Gasteiger partial charge in [0.15, 0.2) is 0 Å². The van der Waals surface area contributed by atoms with Crippen LogP contribution in [0.3, 0.4) is 0 Å². The molecule has 1 fully saturated rings. The number of nitrogens with one attached hydrogen (secondary N) is 1. The average molecular weight is 436 g/mol. The van der Waals surface area contributed by atoms with Gasteiger partial charge in [-0.25, -0.2) is 0 Å². The summed E-state index contributed by atoms with van der Waals surface area (Å²) in [4.78, 5) is 2.34. The van der Waals surface area contributed by atoms with Gasteiger partial charge in [-0.2, -0.15) is 0 Å². The molecule has 26 heavy (non-hydrogen) atoms. The van der Waals surface area contributed by atoms with E-state index in [9.17, 15) is 5.11 Å². The summed E-state index contributed by atoms with van der Waals surface area (Å²) in [6, 6.07) is 5.89. The lowest BCUT2D eigenvalue weighted by molar-refractivity contribution is -0.0802. The summed E-state index contributed by atoms with van der Waals surface area (Å²) in [6.45, 7) is 2.74. The van der Waals surface area contributed by atoms with Gasteiger partial charge in [0.25, 0.3) is 0 Å². The van der Waals surface area contributed by atoms with Crippen molar-refractivity contribution in [2.24, 2.45) is 11.8 Å². The summed E-state index contributed by atoms with van der Waals surface area (Å²) in [7, 11) is 2.15. The number of piperidine rings is 1. The first-order valence-electron chi connectivity index (χ1n) is 9.18. The second kappa shape index (κ2) is 7.16. The Hall–Kier alpha value is -1.07. The number of benzene rings is 1. The van der Waals surface area contributed by atoms with Crippen molar-refractivity contribution in [1.82, 2.24) is 10.2 Å². The molecule has 1 aromatic rings. The van der Waals surface area contributed by atoms with Gasteiger partial charge in [-0.05, 0) is 86.1 Å². The fourth-order valence-corrected chi connectivity index (χ4v) is 5.40. The molecule has 2 heterocycles. The third kappa shape index (κ3) is 3.07. The highest BCUT2D eigenvalue weighted by atomic mass is 79.9. The summed E-state index contributed by atoms with van der Waals surface area (Å²) < 4.78 is 0.977. The largest absolute Gasteiger partial charge is 0.390 e. The summed E-state index contributed by atoms with van der Waals surface area (Å²) in [5, 5.41) is 16.4. The van der Waals surface area contributed by atoms with Crippen LogP contribution in [0.25, 0.3) is 4.48 Å². The van der Waals surface area contributed by atoms with Crippen molar-refractivity contribution in [3.8, 4) is 0 Å². The van der Waals surface area contributed by atoms with Gasteiger partial charge in [0.05, 0.1) is 0 Å². The van der Waals surface area contributed by atoms with Gasteiger partial charge in [-0.1, -0.05) is 39.7 Å². The van der Waals surface area contributed by atoms with Gasteiger partial charge in [-0.15, -0.1) is 0 Å². The Morgan fingerprint density at radius 3 is 2.85 bits per heavy atom. The van der Waals surface area contributed by atoms with Crippen molar-refractivity contribution in [2.45, 2.75) is 18.4 Å². The van der Waals surface area contributed by atoms with E-state index in [0.29, 0.717) is 11.6 Å². The van der Waals surface area contributed by atoms with Crippen molar-refractivity contribution in [1.29, 1.82) is 0 Å². The first-order valence-corrected chi connectivity index (χ1v) is 10.4. The number of allylic oxidation sites excluding steroid dienone is 3. The van der Waals surface area contributed by atoms with Crippen LogP contribution in [0.4, 0.5) is 0 Å². The number of likely N-dealkylation sites (tertiary alicyclic amines) is 1. The van der Waals surface area contributed by atoms with Gasteiger partial charge >= 0.3 is 0 Å². The number of aliphatic hydroxyl groups is 1. The maximum absolute atomic E-state index is 12.3. The molecule has 1 aliphatic carbocycles. The standard InChI is InChI=1S/C21H24BrClN2O/c1-25-9-6-15(7-10-25)21(26)18-5-4-16(23)12-17(18)20(22)11-14-3-2-8-24-13-19(14)21/h2-5,8,11-12,15,19,24,26H,6-7,9-10,13H2,1H3. The van der Waals surface area contributed by atoms with Crippen LogP contribution >= 0.6 is 27.5 Å². The lowest BCUT2D eigenvalue weighted by atomic mass is 9.66. The van der Waals surface area contributed by atoms with Gasteiger partial charge in [0, 0.05) is 22.0 Å². The minimum atomic E-state index is -0.932. The topological polar surface area (TPSA) is 35.5 Å². The zero-order valence-corrected chi connectivity index (χ0v) is 17.2. The van der Waals surface area contributed by atoms with Crippen molar-refractivity contribution < 1.29 is 5.11 Å². The Kier molecular flexibility index (Phi) is 5.04. The molecule has 138 valence electrons. The number of hydrogen-bond donors (Lipinski definition) is 2. The molecule has 0 amide bonds. The Bertz CT molecular complexity index is 795. The zero-order chi connectivity index (χ0) is 18.3. The predicted molar refractivity (Wildman–Crippen MR) is 111 cm³/mol. The fourth-order valence-electron chi connectivity index (χ4n) is 4.63. The molecule has 0 spiro atoms. The molecule has 0 bridgehead atoms. The van der Waals surface area contributed by atoms with E-state index < -0.39 is 5.60 Å². The molecular weight excluding hydrogens is 412 g/mol. The van der Waals surface area contributed by atoms with E-state index in [2.05, 4.69) is 45.3 Å². The highest BCUT2D eigenvalue weighted by molar-refractivity contribution is 9.15. The molecule has 0 radical (unpaired) electrons. The second-order valence-electron chi connectivity index (χ2n) is 7.57. The molecule has 4 rings (SSSR count). The summed E-state index contributed by atoms with van der Waals surface area (Å²) in [6.07, 6.45) is 10.2. The SMILES string of the molecule is CN1CCC(C2(O)c3ccc(Cl)cc3C(Br)=CC3=CC=CNCC32)CC1. The number of rotatable bonds is 1. The van der Waals surface area contributed by atoms with Crippen LogP contribution < -0.4 is 5.32 Å². The quantitative estimate of drug-likeness (QED) is 0.691. The first-order chi connectivity index (χ1) is 12.5. The normalized spacial score (nSPS) is 29.6. The number of hydrogen-bond acceptors (Lipinski definition) is 3. The van der Waals surface area contributed by atoms with Crippen LogP contribution in [0, 0.1) is 11.8 Å². The van der Waals surface area contributed by atoms with Crippen LogP contribution in [0.5, 0.6) is 0 Å². The average Bonchev–Trinajstić information content (AvgIpc) is 2.90. The van der Waals surface area contributed by atoms with E-state index in [1.54, 1.807) is 0 Å². The monoisotopic (exact) mass is 434 g/mol. The zero-order valence-electron chi connectivity index (χ0n) is 14.9.